The van der Waals surface area contributed by atoms with E-state index in [0.29, 0.717) is 10.1 Å². The third-order valence-corrected chi connectivity index (χ3v) is 1.05. The zero-order valence-electron chi connectivity index (χ0n) is 6.61. The van der Waals surface area contributed by atoms with Gasteiger partial charge in [-0.3, -0.25) is 0 Å². The summed E-state index contributed by atoms with van der Waals surface area (Å²) in [5.41, 5.74) is 0. The first-order valence-electron chi connectivity index (χ1n) is 3.38. The second kappa shape index (κ2) is 10.2. The van der Waals surface area contributed by atoms with Crippen LogP contribution in [-0.4, -0.2) is 6.61 Å². The molecule has 0 aromatic heterocycles. The van der Waals surface area contributed by atoms with Gasteiger partial charge in [0.1, 0.15) is 5.75 Å². The molecule has 0 atom stereocenters. The molecule has 70 valence electrons. The number of benzene rings is 1. The Labute approximate surface area is 103 Å². The minimum atomic E-state index is 0.650. The van der Waals surface area contributed by atoms with E-state index in [9.17, 15) is 0 Å². The first-order chi connectivity index (χ1) is 5.85. The van der Waals surface area contributed by atoms with Crippen LogP contribution in [0.5, 0.6) is 5.75 Å². The fourth-order valence-electron chi connectivity index (χ4n) is 0.683. The molecule has 0 spiro atoms. The van der Waals surface area contributed by atoms with E-state index in [4.69, 9.17) is 4.74 Å². The van der Waals surface area contributed by atoms with Crippen molar-refractivity contribution in [2.45, 2.75) is 6.92 Å². The molecule has 0 aliphatic heterocycles. The molecule has 0 saturated heterocycles. The van der Waals surface area contributed by atoms with Crippen molar-refractivity contribution >= 4 is 39.5 Å². The first kappa shape index (κ1) is 13.1. The second-order valence-electron chi connectivity index (χ2n) is 1.80. The fourth-order valence-corrected chi connectivity index (χ4v) is 0.683. The molecule has 0 heterocycles. The zero-order chi connectivity index (χ0) is 9.23. The third kappa shape index (κ3) is 7.74. The van der Waals surface area contributed by atoms with Crippen LogP contribution >= 0.6 is 39.5 Å². The Kier molecular flexibility index (Phi) is 11.1. The molecular weight excluding hydrogens is 467 g/mol. The summed E-state index contributed by atoms with van der Waals surface area (Å²) in [5, 5.41) is 0. The van der Waals surface area contributed by atoms with Crippen LogP contribution in [0.1, 0.15) is 6.92 Å². The number of halogens is 2. The molecule has 1 rings (SSSR count). The van der Waals surface area contributed by atoms with Gasteiger partial charge >= 0.3 is 49.6 Å². The molecule has 1 aromatic rings. The Morgan fingerprint density at radius 2 is 1.75 bits per heavy atom. The Hall–Kier alpha value is 1.10. The minimum absolute atomic E-state index is 0.650. The van der Waals surface area contributed by atoms with Crippen LogP contribution < -0.4 is 4.74 Å². The van der Waals surface area contributed by atoms with E-state index in [1.54, 1.807) is 0 Å². The standard InChI is InChI=1S/C8H10O.2HI.Ru/c1-2-9-8-6-4-3-5-7-8;;;/h3-7H,2H2,1H3;2*1H;/q;;;+2/p-2. The van der Waals surface area contributed by atoms with Gasteiger partial charge in [0.05, 0.1) is 6.61 Å². The van der Waals surface area contributed by atoms with Gasteiger partial charge in [-0.1, -0.05) is 18.2 Å². The van der Waals surface area contributed by atoms with Crippen molar-refractivity contribution in [1.82, 2.24) is 0 Å². The third-order valence-electron chi connectivity index (χ3n) is 1.05. The second-order valence-corrected chi connectivity index (χ2v) is 15.2. The van der Waals surface area contributed by atoms with Crippen molar-refractivity contribution in [1.29, 1.82) is 0 Å². The van der Waals surface area contributed by atoms with Crippen molar-refractivity contribution in [3.05, 3.63) is 30.3 Å². The summed E-state index contributed by atoms with van der Waals surface area (Å²) in [4.78, 5) is 0. The normalized spacial score (nSPS) is 8.58. The van der Waals surface area contributed by atoms with E-state index < -0.39 is 0 Å². The Morgan fingerprint density at radius 1 is 1.25 bits per heavy atom. The van der Waals surface area contributed by atoms with Gasteiger partial charge in [-0.15, -0.1) is 0 Å². The van der Waals surface area contributed by atoms with Crippen LogP contribution in [0.3, 0.4) is 0 Å². The van der Waals surface area contributed by atoms with Gasteiger partial charge in [-0.05, 0) is 19.1 Å². The van der Waals surface area contributed by atoms with Gasteiger partial charge in [0.15, 0.2) is 0 Å². The number of ether oxygens (including phenoxy) is 1. The topological polar surface area (TPSA) is 9.23 Å². The molecule has 0 bridgehead atoms. The molecule has 0 amide bonds. The molecule has 0 fully saturated rings. The average molecular weight is 477 g/mol. The quantitative estimate of drug-likeness (QED) is 0.465. The van der Waals surface area contributed by atoms with Crippen LogP contribution in [0.15, 0.2) is 30.3 Å². The van der Waals surface area contributed by atoms with Crippen LogP contribution in [0, 0.1) is 0 Å². The van der Waals surface area contributed by atoms with E-state index >= 15 is 0 Å². The van der Waals surface area contributed by atoms with E-state index in [1.807, 2.05) is 37.3 Å². The summed E-state index contributed by atoms with van der Waals surface area (Å²) in [5.74, 6) is 0.944. The molecule has 0 unspecified atom stereocenters. The van der Waals surface area contributed by atoms with Crippen LogP contribution in [0.2, 0.25) is 0 Å². The summed E-state index contributed by atoms with van der Waals surface area (Å²) in [6, 6.07) is 9.80. The van der Waals surface area contributed by atoms with Crippen molar-refractivity contribution in [3.8, 4) is 5.75 Å². The molecule has 0 radical (unpaired) electrons. The van der Waals surface area contributed by atoms with Crippen LogP contribution in [0.25, 0.3) is 0 Å². The predicted octanol–water partition coefficient (Wildman–Crippen LogP) is 3.85. The Morgan fingerprint density at radius 3 is 2.17 bits per heavy atom. The van der Waals surface area contributed by atoms with Crippen LogP contribution in [0.4, 0.5) is 0 Å². The average Bonchev–Trinajstić information content (AvgIpc) is 2.08. The van der Waals surface area contributed by atoms with Gasteiger partial charge in [0.25, 0.3) is 0 Å². The maximum absolute atomic E-state index is 5.21. The monoisotopic (exact) mass is 478 g/mol. The summed E-state index contributed by atoms with van der Waals surface area (Å²) in [6.45, 7) is 2.72. The number of rotatable bonds is 2. The summed E-state index contributed by atoms with van der Waals surface area (Å²) in [7, 11) is 0.650. The van der Waals surface area contributed by atoms with E-state index in [-0.39, 0.29) is 0 Å². The molecule has 1 aromatic carbocycles. The summed E-state index contributed by atoms with van der Waals surface area (Å²) < 4.78 is 5.21. The number of hydrogen-bond acceptors (Lipinski definition) is 1. The van der Waals surface area contributed by atoms with E-state index in [2.05, 4.69) is 39.5 Å². The van der Waals surface area contributed by atoms with E-state index in [0.717, 1.165) is 12.4 Å². The van der Waals surface area contributed by atoms with Gasteiger partial charge in [-0.2, -0.15) is 0 Å². The van der Waals surface area contributed by atoms with Gasteiger partial charge in [-0.25, -0.2) is 0 Å². The fraction of sp³-hybridized carbons (Fsp3) is 0.250. The maximum atomic E-state index is 5.21. The van der Waals surface area contributed by atoms with Gasteiger partial charge < -0.3 is 4.74 Å². The van der Waals surface area contributed by atoms with Gasteiger partial charge in [0.2, 0.25) is 0 Å². The van der Waals surface area contributed by atoms with Gasteiger partial charge in [0, 0.05) is 0 Å². The number of para-hydroxylation sites is 1. The van der Waals surface area contributed by atoms with Crippen molar-refractivity contribution in [3.63, 3.8) is 0 Å². The van der Waals surface area contributed by atoms with Crippen LogP contribution in [-0.2, 0) is 10.1 Å². The first-order valence-corrected chi connectivity index (χ1v) is 13.7. The van der Waals surface area contributed by atoms with Crippen molar-refractivity contribution in [2.24, 2.45) is 0 Å². The molecule has 0 aliphatic rings. The SMILES string of the molecule is CCOc1ccccc1.[I][Ru][I]. The molecule has 0 saturated carbocycles. The molecule has 1 nitrogen and oxygen atoms in total. The molecule has 4 heteroatoms. The van der Waals surface area contributed by atoms with E-state index in [1.165, 1.54) is 0 Å². The molecule has 0 N–H and O–H groups in total. The Balaban J connectivity index is 0.000000354. The molecular formula is C8H10I2ORu. The summed E-state index contributed by atoms with van der Waals surface area (Å²) >= 11 is 4.73. The van der Waals surface area contributed by atoms with Crippen molar-refractivity contribution in [2.75, 3.05) is 6.61 Å². The molecule has 12 heavy (non-hydrogen) atoms. The summed E-state index contributed by atoms with van der Waals surface area (Å²) in [6.07, 6.45) is 0. The zero-order valence-corrected chi connectivity index (χ0v) is 12.7. The predicted molar refractivity (Wildman–Crippen MR) is 65.7 cm³/mol. The Bertz CT molecular complexity index is 182. The number of hydrogen-bond donors (Lipinski definition) is 0. The van der Waals surface area contributed by atoms with Crippen molar-refractivity contribution < 1.29 is 14.8 Å². The molecule has 0 aliphatic carbocycles.